The Bertz CT molecular complexity index is 571. The second-order valence-corrected chi connectivity index (χ2v) is 5.81. The molecule has 0 spiro atoms. The Kier molecular flexibility index (Phi) is 9.16. The Morgan fingerprint density at radius 2 is 2.04 bits per heavy atom. The van der Waals surface area contributed by atoms with Crippen LogP contribution in [0.15, 0.2) is 23.2 Å². The van der Waals surface area contributed by atoms with Gasteiger partial charge in [0.2, 0.25) is 0 Å². The van der Waals surface area contributed by atoms with E-state index in [1.54, 1.807) is 25.1 Å². The van der Waals surface area contributed by atoms with Crippen LogP contribution in [0.1, 0.15) is 13.3 Å². The van der Waals surface area contributed by atoms with Crippen LogP contribution in [-0.4, -0.2) is 49.6 Å². The minimum Gasteiger partial charge on any atom is -0.489 e. The van der Waals surface area contributed by atoms with Gasteiger partial charge in [0.05, 0.1) is 18.0 Å². The first-order valence-electron chi connectivity index (χ1n) is 7.56. The third-order valence-electron chi connectivity index (χ3n) is 2.85. The molecule has 3 N–H and O–H groups in total. The maximum absolute atomic E-state index is 12.2. The monoisotopic (exact) mass is 401 g/mol. The van der Waals surface area contributed by atoms with E-state index in [-0.39, 0.29) is 30.7 Å². The SMILES string of the molecule is CCNC(=NCC(O)COc1cccc(Cl)c1Cl)NCCC(F)(F)F. The van der Waals surface area contributed by atoms with E-state index in [0.29, 0.717) is 17.3 Å². The van der Waals surface area contributed by atoms with Gasteiger partial charge in [0.15, 0.2) is 5.96 Å². The number of aliphatic imine (C=N–C) groups is 1. The van der Waals surface area contributed by atoms with Crippen molar-refractivity contribution in [3.05, 3.63) is 28.2 Å². The number of hydrogen-bond acceptors (Lipinski definition) is 3. The number of nitrogens with zero attached hydrogens (tertiary/aromatic N) is 1. The number of ether oxygens (including phenoxy) is 1. The number of aliphatic hydroxyl groups is 1. The highest BCUT2D eigenvalue weighted by atomic mass is 35.5. The molecule has 25 heavy (non-hydrogen) atoms. The fourth-order valence-electron chi connectivity index (χ4n) is 1.70. The molecule has 0 aliphatic heterocycles. The van der Waals surface area contributed by atoms with Crippen molar-refractivity contribution >= 4 is 29.2 Å². The summed E-state index contributed by atoms with van der Waals surface area (Å²) < 4.78 is 41.8. The average molecular weight is 402 g/mol. The number of aliphatic hydroxyl groups excluding tert-OH is 1. The van der Waals surface area contributed by atoms with Crippen molar-refractivity contribution in [2.75, 3.05) is 26.2 Å². The lowest BCUT2D eigenvalue weighted by atomic mass is 10.3. The van der Waals surface area contributed by atoms with Gasteiger partial charge < -0.3 is 20.5 Å². The maximum Gasteiger partial charge on any atom is 0.390 e. The summed E-state index contributed by atoms with van der Waals surface area (Å²) in [5.41, 5.74) is 0. The lowest BCUT2D eigenvalue weighted by Gasteiger charge is -2.15. The van der Waals surface area contributed by atoms with Crippen molar-refractivity contribution in [2.45, 2.75) is 25.6 Å². The van der Waals surface area contributed by atoms with E-state index in [1.165, 1.54) is 0 Å². The van der Waals surface area contributed by atoms with Crippen molar-refractivity contribution in [1.29, 1.82) is 0 Å². The van der Waals surface area contributed by atoms with Crippen LogP contribution in [-0.2, 0) is 0 Å². The molecule has 10 heteroatoms. The Labute approximate surface area is 154 Å². The third kappa shape index (κ3) is 9.04. The second-order valence-electron chi connectivity index (χ2n) is 5.03. The first kappa shape index (κ1) is 21.7. The molecule has 5 nitrogen and oxygen atoms in total. The molecule has 1 atom stereocenters. The summed E-state index contributed by atoms with van der Waals surface area (Å²) in [6, 6.07) is 4.86. The minimum absolute atomic E-state index is 0.0560. The van der Waals surface area contributed by atoms with Gasteiger partial charge in [-0.2, -0.15) is 13.2 Å². The quantitative estimate of drug-likeness (QED) is 0.462. The predicted octanol–water partition coefficient (Wildman–Crippen LogP) is 3.24. The zero-order valence-electron chi connectivity index (χ0n) is 13.5. The highest BCUT2D eigenvalue weighted by Gasteiger charge is 2.26. The number of benzene rings is 1. The highest BCUT2D eigenvalue weighted by molar-refractivity contribution is 6.42. The molecule has 0 fully saturated rings. The molecule has 142 valence electrons. The van der Waals surface area contributed by atoms with Crippen molar-refractivity contribution in [2.24, 2.45) is 4.99 Å². The summed E-state index contributed by atoms with van der Waals surface area (Å²) in [7, 11) is 0. The van der Waals surface area contributed by atoms with Gasteiger partial charge in [0.25, 0.3) is 0 Å². The topological polar surface area (TPSA) is 65.9 Å². The summed E-state index contributed by atoms with van der Waals surface area (Å²) in [5.74, 6) is 0.513. The first-order chi connectivity index (χ1) is 11.7. The molecule has 0 amide bonds. The fraction of sp³-hybridized carbons (Fsp3) is 0.533. The second kappa shape index (κ2) is 10.6. The summed E-state index contributed by atoms with van der Waals surface area (Å²) in [4.78, 5) is 4.02. The summed E-state index contributed by atoms with van der Waals surface area (Å²) in [5, 5.41) is 15.8. The van der Waals surface area contributed by atoms with Gasteiger partial charge in [-0.15, -0.1) is 0 Å². The van der Waals surface area contributed by atoms with Crippen LogP contribution in [0.2, 0.25) is 10.0 Å². The van der Waals surface area contributed by atoms with Crippen molar-refractivity contribution in [3.8, 4) is 5.75 Å². The standard InChI is InChI=1S/C15H20Cl2F3N3O2/c1-2-21-14(22-7-6-15(18,19)20)23-8-10(24)9-25-12-5-3-4-11(16)13(12)17/h3-5,10,24H,2,6-9H2,1H3,(H2,21,22,23). The van der Waals surface area contributed by atoms with Crippen molar-refractivity contribution < 1.29 is 23.0 Å². The van der Waals surface area contributed by atoms with Crippen LogP contribution in [0, 0.1) is 0 Å². The largest absolute Gasteiger partial charge is 0.489 e. The van der Waals surface area contributed by atoms with E-state index in [1.807, 2.05) is 0 Å². The highest BCUT2D eigenvalue weighted by Crippen LogP contribution is 2.31. The zero-order chi connectivity index (χ0) is 18.9. The Morgan fingerprint density at radius 1 is 1.32 bits per heavy atom. The van der Waals surface area contributed by atoms with Crippen LogP contribution >= 0.6 is 23.2 Å². The first-order valence-corrected chi connectivity index (χ1v) is 8.32. The summed E-state index contributed by atoms with van der Waals surface area (Å²) in [6.45, 7) is 1.80. The van der Waals surface area contributed by atoms with E-state index in [9.17, 15) is 18.3 Å². The van der Waals surface area contributed by atoms with Crippen LogP contribution in [0.4, 0.5) is 13.2 Å². The number of alkyl halides is 3. The smallest absolute Gasteiger partial charge is 0.390 e. The molecule has 0 aliphatic rings. The molecule has 0 saturated carbocycles. The van der Waals surface area contributed by atoms with Gasteiger partial charge in [0.1, 0.15) is 23.5 Å². The molecule has 0 aromatic heterocycles. The number of halogens is 5. The van der Waals surface area contributed by atoms with Crippen LogP contribution in [0.3, 0.4) is 0 Å². The molecule has 1 unspecified atom stereocenters. The van der Waals surface area contributed by atoms with Crippen molar-refractivity contribution in [3.63, 3.8) is 0 Å². The molecule has 0 bridgehead atoms. The Morgan fingerprint density at radius 3 is 2.68 bits per heavy atom. The molecule has 1 aromatic carbocycles. The van der Waals surface area contributed by atoms with Crippen LogP contribution < -0.4 is 15.4 Å². The van der Waals surface area contributed by atoms with Gasteiger partial charge >= 0.3 is 6.18 Å². The van der Waals surface area contributed by atoms with Crippen LogP contribution in [0.5, 0.6) is 5.75 Å². The predicted molar refractivity (Wildman–Crippen MR) is 92.6 cm³/mol. The van der Waals surface area contributed by atoms with Gasteiger partial charge in [-0.05, 0) is 19.1 Å². The summed E-state index contributed by atoms with van der Waals surface area (Å²) in [6.07, 6.45) is -6.18. The molecule has 0 heterocycles. The van der Waals surface area contributed by atoms with Crippen LogP contribution in [0.25, 0.3) is 0 Å². The van der Waals surface area contributed by atoms with Gasteiger partial charge in [-0.3, -0.25) is 4.99 Å². The molecule has 0 aliphatic carbocycles. The van der Waals surface area contributed by atoms with Gasteiger partial charge in [0, 0.05) is 13.1 Å². The molecular formula is C15H20Cl2F3N3O2. The van der Waals surface area contributed by atoms with Crippen molar-refractivity contribution in [1.82, 2.24) is 10.6 Å². The minimum atomic E-state index is -4.24. The van der Waals surface area contributed by atoms with E-state index in [4.69, 9.17) is 27.9 Å². The van der Waals surface area contributed by atoms with E-state index < -0.39 is 18.7 Å². The fourth-order valence-corrected chi connectivity index (χ4v) is 2.04. The zero-order valence-corrected chi connectivity index (χ0v) is 15.0. The number of guanidine groups is 1. The van der Waals surface area contributed by atoms with E-state index in [2.05, 4.69) is 15.6 Å². The van der Waals surface area contributed by atoms with E-state index in [0.717, 1.165) is 0 Å². The molecule has 0 saturated heterocycles. The lowest BCUT2D eigenvalue weighted by molar-refractivity contribution is -0.132. The lowest BCUT2D eigenvalue weighted by Crippen LogP contribution is -2.39. The van der Waals surface area contributed by atoms with Gasteiger partial charge in [-0.1, -0.05) is 29.3 Å². The number of nitrogens with one attached hydrogen (secondary N) is 2. The molecule has 0 radical (unpaired) electrons. The molecule has 1 rings (SSSR count). The van der Waals surface area contributed by atoms with Gasteiger partial charge in [-0.25, -0.2) is 0 Å². The molecule has 1 aromatic rings. The number of hydrogen-bond donors (Lipinski definition) is 3. The number of rotatable bonds is 8. The summed E-state index contributed by atoms with van der Waals surface area (Å²) >= 11 is 11.8. The third-order valence-corrected chi connectivity index (χ3v) is 3.65. The Hall–Kier alpha value is -1.38. The Balaban J connectivity index is 2.47. The van der Waals surface area contributed by atoms with E-state index >= 15 is 0 Å². The average Bonchev–Trinajstić information content (AvgIpc) is 2.53. The molecular weight excluding hydrogens is 382 g/mol. The maximum atomic E-state index is 12.2. The normalized spacial score (nSPS) is 13.5.